The van der Waals surface area contributed by atoms with Crippen LogP contribution in [0.15, 0.2) is 48.8 Å². The standard InChI is InChI=1S/C20H21N3O2/c1-14-5-8-23-13-18(22-19(23)11-14)16-3-2-4-17(12-16)21-20(24)15-6-9-25-10-7-15/h2-5,8,11-13,15H,6-7,9-10H2,1H3,(H,21,24). The van der Waals surface area contributed by atoms with Gasteiger partial charge in [-0.1, -0.05) is 12.1 Å². The van der Waals surface area contributed by atoms with Crippen LogP contribution in [-0.4, -0.2) is 28.5 Å². The van der Waals surface area contributed by atoms with Crippen molar-refractivity contribution >= 4 is 17.2 Å². The van der Waals surface area contributed by atoms with E-state index in [4.69, 9.17) is 4.74 Å². The van der Waals surface area contributed by atoms with E-state index in [1.165, 1.54) is 5.56 Å². The highest BCUT2D eigenvalue weighted by Crippen LogP contribution is 2.24. The highest BCUT2D eigenvalue weighted by Gasteiger charge is 2.21. The molecule has 1 saturated heterocycles. The number of hydrogen-bond acceptors (Lipinski definition) is 3. The number of hydrogen-bond donors (Lipinski definition) is 1. The molecule has 0 aliphatic carbocycles. The lowest BCUT2D eigenvalue weighted by atomic mass is 9.99. The zero-order valence-electron chi connectivity index (χ0n) is 14.2. The molecule has 1 aliphatic heterocycles. The Kier molecular flexibility index (Phi) is 4.24. The lowest BCUT2D eigenvalue weighted by molar-refractivity contribution is -0.122. The Hall–Kier alpha value is -2.66. The van der Waals surface area contributed by atoms with E-state index in [-0.39, 0.29) is 11.8 Å². The highest BCUT2D eigenvalue weighted by molar-refractivity contribution is 5.93. The first-order valence-electron chi connectivity index (χ1n) is 8.63. The zero-order valence-corrected chi connectivity index (χ0v) is 14.2. The summed E-state index contributed by atoms with van der Waals surface area (Å²) in [4.78, 5) is 17.1. The van der Waals surface area contributed by atoms with Crippen molar-refractivity contribution in [3.05, 3.63) is 54.4 Å². The third-order valence-corrected chi connectivity index (χ3v) is 4.63. The molecule has 0 bridgehead atoms. The molecule has 5 heteroatoms. The van der Waals surface area contributed by atoms with Crippen LogP contribution >= 0.6 is 0 Å². The van der Waals surface area contributed by atoms with Gasteiger partial charge >= 0.3 is 0 Å². The molecule has 0 spiro atoms. The number of ether oxygens (including phenoxy) is 1. The SMILES string of the molecule is Cc1ccn2cc(-c3cccc(NC(=O)C4CCOCC4)c3)nc2c1. The number of nitrogens with one attached hydrogen (secondary N) is 1. The molecule has 0 saturated carbocycles. The van der Waals surface area contributed by atoms with E-state index < -0.39 is 0 Å². The Labute approximate surface area is 146 Å². The monoisotopic (exact) mass is 335 g/mol. The number of aromatic nitrogens is 2. The highest BCUT2D eigenvalue weighted by atomic mass is 16.5. The van der Waals surface area contributed by atoms with Crippen LogP contribution in [0, 0.1) is 12.8 Å². The first-order chi connectivity index (χ1) is 12.2. The van der Waals surface area contributed by atoms with Gasteiger partial charge in [-0.15, -0.1) is 0 Å². The number of fused-ring (bicyclic) bond motifs is 1. The number of carbonyl (C=O) groups excluding carboxylic acids is 1. The summed E-state index contributed by atoms with van der Waals surface area (Å²) < 4.78 is 7.33. The van der Waals surface area contributed by atoms with Gasteiger partial charge in [-0.25, -0.2) is 4.98 Å². The molecule has 25 heavy (non-hydrogen) atoms. The smallest absolute Gasteiger partial charge is 0.227 e. The van der Waals surface area contributed by atoms with E-state index in [0.717, 1.165) is 35.4 Å². The van der Waals surface area contributed by atoms with Gasteiger partial charge in [0, 0.05) is 42.8 Å². The van der Waals surface area contributed by atoms with Gasteiger partial charge in [0.25, 0.3) is 0 Å². The molecule has 1 aromatic carbocycles. The van der Waals surface area contributed by atoms with Crippen molar-refractivity contribution in [3.63, 3.8) is 0 Å². The van der Waals surface area contributed by atoms with Crippen LogP contribution in [0.3, 0.4) is 0 Å². The van der Waals surface area contributed by atoms with Gasteiger partial charge in [0.15, 0.2) is 0 Å². The van der Waals surface area contributed by atoms with Gasteiger partial charge in [0.1, 0.15) is 5.65 Å². The van der Waals surface area contributed by atoms with Crippen molar-refractivity contribution in [1.82, 2.24) is 9.38 Å². The van der Waals surface area contributed by atoms with Crippen LogP contribution in [0.2, 0.25) is 0 Å². The second kappa shape index (κ2) is 6.69. The molecule has 1 amide bonds. The van der Waals surface area contributed by atoms with Gasteiger partial charge in [0.05, 0.1) is 5.69 Å². The Bertz CT molecular complexity index is 910. The maximum atomic E-state index is 12.4. The van der Waals surface area contributed by atoms with Crippen molar-refractivity contribution in [1.29, 1.82) is 0 Å². The van der Waals surface area contributed by atoms with Crippen molar-refractivity contribution in [3.8, 4) is 11.3 Å². The molecule has 1 N–H and O–H groups in total. The minimum absolute atomic E-state index is 0.0376. The topological polar surface area (TPSA) is 55.6 Å². The summed E-state index contributed by atoms with van der Waals surface area (Å²) >= 11 is 0. The zero-order chi connectivity index (χ0) is 17.2. The summed E-state index contributed by atoms with van der Waals surface area (Å²) in [6.45, 7) is 3.39. The number of rotatable bonds is 3. The lowest BCUT2D eigenvalue weighted by Gasteiger charge is -2.21. The Morgan fingerprint density at radius 3 is 2.92 bits per heavy atom. The van der Waals surface area contributed by atoms with E-state index in [9.17, 15) is 4.79 Å². The first-order valence-corrected chi connectivity index (χ1v) is 8.63. The predicted molar refractivity (Wildman–Crippen MR) is 97.5 cm³/mol. The Morgan fingerprint density at radius 2 is 2.08 bits per heavy atom. The van der Waals surface area contributed by atoms with Crippen molar-refractivity contribution < 1.29 is 9.53 Å². The van der Waals surface area contributed by atoms with E-state index in [1.807, 2.05) is 41.1 Å². The molecular formula is C20H21N3O2. The molecule has 0 unspecified atom stereocenters. The maximum Gasteiger partial charge on any atom is 0.227 e. The van der Waals surface area contributed by atoms with Gasteiger partial charge in [-0.05, 0) is 49.6 Å². The molecule has 0 radical (unpaired) electrons. The van der Waals surface area contributed by atoms with Crippen LogP contribution < -0.4 is 5.32 Å². The second-order valence-corrected chi connectivity index (χ2v) is 6.55. The molecule has 1 fully saturated rings. The average molecular weight is 335 g/mol. The van der Waals surface area contributed by atoms with Crippen molar-refractivity contribution in [2.75, 3.05) is 18.5 Å². The van der Waals surface area contributed by atoms with Crippen LogP contribution in [0.4, 0.5) is 5.69 Å². The van der Waals surface area contributed by atoms with Gasteiger partial charge in [0.2, 0.25) is 5.91 Å². The van der Waals surface area contributed by atoms with Crippen molar-refractivity contribution in [2.24, 2.45) is 5.92 Å². The fraction of sp³-hybridized carbons (Fsp3) is 0.300. The molecule has 3 heterocycles. The number of aryl methyl sites for hydroxylation is 1. The number of imidazole rings is 1. The van der Waals surface area contributed by atoms with E-state index in [1.54, 1.807) is 0 Å². The van der Waals surface area contributed by atoms with Crippen LogP contribution in [-0.2, 0) is 9.53 Å². The molecule has 1 aliphatic rings. The Morgan fingerprint density at radius 1 is 1.24 bits per heavy atom. The quantitative estimate of drug-likeness (QED) is 0.794. The minimum Gasteiger partial charge on any atom is -0.381 e. The summed E-state index contributed by atoms with van der Waals surface area (Å²) in [6.07, 6.45) is 5.60. The normalized spacial score (nSPS) is 15.4. The largest absolute Gasteiger partial charge is 0.381 e. The molecule has 0 atom stereocenters. The summed E-state index contributed by atoms with van der Waals surface area (Å²) in [5.74, 6) is 0.113. The summed E-state index contributed by atoms with van der Waals surface area (Å²) in [7, 11) is 0. The maximum absolute atomic E-state index is 12.4. The second-order valence-electron chi connectivity index (χ2n) is 6.55. The van der Waals surface area contributed by atoms with E-state index in [0.29, 0.717) is 13.2 Å². The van der Waals surface area contributed by atoms with Gasteiger partial charge < -0.3 is 14.5 Å². The fourth-order valence-corrected chi connectivity index (χ4v) is 3.18. The molecule has 128 valence electrons. The summed E-state index contributed by atoms with van der Waals surface area (Å²) in [6, 6.07) is 12.0. The molecule has 3 aromatic rings. The number of anilines is 1. The summed E-state index contributed by atoms with van der Waals surface area (Å²) in [5, 5.41) is 3.04. The molecule has 4 rings (SSSR count). The molecule has 2 aromatic heterocycles. The fourth-order valence-electron chi connectivity index (χ4n) is 3.18. The van der Waals surface area contributed by atoms with Crippen LogP contribution in [0.1, 0.15) is 18.4 Å². The third kappa shape index (κ3) is 3.42. The number of pyridine rings is 1. The third-order valence-electron chi connectivity index (χ3n) is 4.63. The van der Waals surface area contributed by atoms with Crippen LogP contribution in [0.5, 0.6) is 0 Å². The minimum atomic E-state index is 0.0376. The lowest BCUT2D eigenvalue weighted by Crippen LogP contribution is -2.28. The van der Waals surface area contributed by atoms with Gasteiger partial charge in [-0.3, -0.25) is 4.79 Å². The number of nitrogens with zero attached hydrogens (tertiary/aromatic N) is 2. The average Bonchev–Trinajstić information content (AvgIpc) is 3.06. The van der Waals surface area contributed by atoms with Crippen molar-refractivity contribution in [2.45, 2.75) is 19.8 Å². The summed E-state index contributed by atoms with van der Waals surface area (Å²) in [5.41, 5.74) is 4.80. The van der Waals surface area contributed by atoms with E-state index in [2.05, 4.69) is 29.4 Å². The predicted octanol–water partition coefficient (Wildman–Crippen LogP) is 3.67. The van der Waals surface area contributed by atoms with Gasteiger partial charge in [-0.2, -0.15) is 0 Å². The van der Waals surface area contributed by atoms with E-state index >= 15 is 0 Å². The number of carbonyl (C=O) groups is 1. The number of amides is 1. The molecular weight excluding hydrogens is 314 g/mol. The molecule has 5 nitrogen and oxygen atoms in total. The Balaban J connectivity index is 1.56. The number of benzene rings is 1. The van der Waals surface area contributed by atoms with Crippen LogP contribution in [0.25, 0.3) is 16.9 Å². The first kappa shape index (κ1) is 15.8.